The summed E-state index contributed by atoms with van der Waals surface area (Å²) >= 11 is 6.12. The first-order valence-corrected chi connectivity index (χ1v) is 7.24. The topological polar surface area (TPSA) is 44.1 Å². The van der Waals surface area contributed by atoms with Crippen LogP contribution in [0, 0.1) is 13.8 Å². The van der Waals surface area contributed by atoms with Gasteiger partial charge in [0.2, 0.25) is 0 Å². The summed E-state index contributed by atoms with van der Waals surface area (Å²) in [6.07, 6.45) is 0.661. The molecule has 0 bridgehead atoms. The molecule has 1 heterocycles. The summed E-state index contributed by atoms with van der Waals surface area (Å²) in [5.74, 6) is 0.888. The van der Waals surface area contributed by atoms with Crippen molar-refractivity contribution < 1.29 is 9.53 Å². The molecule has 1 aromatic heterocycles. The van der Waals surface area contributed by atoms with Gasteiger partial charge in [-0.1, -0.05) is 23.7 Å². The molecule has 0 saturated heterocycles. The molecule has 0 unspecified atom stereocenters. The largest absolute Gasteiger partial charge is 0.493 e. The van der Waals surface area contributed by atoms with Gasteiger partial charge in [-0.05, 0) is 31.5 Å². The predicted octanol–water partition coefficient (Wildman–Crippen LogP) is 3.27. The number of ether oxygens (including phenoxy) is 1. The van der Waals surface area contributed by atoms with Crippen LogP contribution in [0.5, 0.6) is 5.75 Å². The number of hydrogen-bond donors (Lipinski definition) is 0. The molecule has 0 N–H and O–H groups in total. The van der Waals surface area contributed by atoms with Gasteiger partial charge in [0.15, 0.2) is 0 Å². The summed E-state index contributed by atoms with van der Waals surface area (Å²) in [5.41, 5.74) is 2.74. The van der Waals surface area contributed by atoms with E-state index >= 15 is 0 Å². The number of benzene rings is 1. The Morgan fingerprint density at radius 3 is 2.76 bits per heavy atom. The summed E-state index contributed by atoms with van der Waals surface area (Å²) in [6.45, 7) is 4.24. The van der Waals surface area contributed by atoms with Crippen LogP contribution in [0.2, 0.25) is 5.15 Å². The second-order valence-corrected chi connectivity index (χ2v) is 5.47. The second-order valence-electron chi connectivity index (χ2n) is 5.11. The lowest BCUT2D eigenvalue weighted by molar-refractivity contribution is -0.118. The van der Waals surface area contributed by atoms with E-state index in [1.54, 1.807) is 11.7 Å². The molecule has 0 spiro atoms. The van der Waals surface area contributed by atoms with Crippen molar-refractivity contribution in [1.82, 2.24) is 9.78 Å². The zero-order valence-corrected chi connectivity index (χ0v) is 13.3. The van der Waals surface area contributed by atoms with Crippen LogP contribution in [0.4, 0.5) is 0 Å². The first-order chi connectivity index (χ1) is 9.97. The number of carbonyl (C=O) groups excluding carboxylic acids is 1. The number of Topliss-reactive ketones (excluding diaryl/α,β-unsaturated/α-hetero) is 1. The number of aromatic nitrogens is 2. The first-order valence-electron chi connectivity index (χ1n) is 6.86. The van der Waals surface area contributed by atoms with E-state index in [1.807, 2.05) is 38.1 Å². The minimum absolute atomic E-state index is 0.0978. The number of hydrogen-bond acceptors (Lipinski definition) is 3. The van der Waals surface area contributed by atoms with Gasteiger partial charge in [-0.3, -0.25) is 9.48 Å². The van der Waals surface area contributed by atoms with Crippen molar-refractivity contribution in [2.45, 2.75) is 26.7 Å². The fourth-order valence-corrected chi connectivity index (χ4v) is 2.39. The number of nitrogens with zero attached hydrogens (tertiary/aromatic N) is 2. The van der Waals surface area contributed by atoms with Crippen LogP contribution in [0.1, 0.15) is 23.2 Å². The monoisotopic (exact) mass is 306 g/mol. The highest BCUT2D eigenvalue weighted by molar-refractivity contribution is 6.30. The molecule has 0 aliphatic rings. The number of carbonyl (C=O) groups is 1. The third-order valence-corrected chi connectivity index (χ3v) is 3.76. The molecule has 0 amide bonds. The summed E-state index contributed by atoms with van der Waals surface area (Å²) in [4.78, 5) is 12.0. The zero-order chi connectivity index (χ0) is 15.4. The van der Waals surface area contributed by atoms with Crippen molar-refractivity contribution in [1.29, 1.82) is 0 Å². The maximum absolute atomic E-state index is 12.0. The van der Waals surface area contributed by atoms with E-state index in [9.17, 15) is 4.79 Å². The molecule has 112 valence electrons. The minimum Gasteiger partial charge on any atom is -0.493 e. The van der Waals surface area contributed by atoms with E-state index in [2.05, 4.69) is 5.10 Å². The van der Waals surface area contributed by atoms with Gasteiger partial charge in [0.05, 0.1) is 12.3 Å². The highest BCUT2D eigenvalue weighted by Gasteiger charge is 2.14. The molecule has 0 saturated carbocycles. The molecule has 1 aromatic carbocycles. The molecule has 21 heavy (non-hydrogen) atoms. The van der Waals surface area contributed by atoms with Gasteiger partial charge in [-0.25, -0.2) is 0 Å². The Morgan fingerprint density at radius 2 is 2.14 bits per heavy atom. The minimum atomic E-state index is 0.0978. The molecule has 0 aliphatic carbocycles. The van der Waals surface area contributed by atoms with Crippen LogP contribution in [-0.2, 0) is 18.3 Å². The van der Waals surface area contributed by atoms with Crippen LogP contribution in [0.25, 0.3) is 0 Å². The Hall–Kier alpha value is -1.81. The molecule has 5 heteroatoms. The van der Waals surface area contributed by atoms with E-state index in [1.165, 1.54) is 0 Å². The molecule has 2 rings (SSSR count). The predicted molar refractivity (Wildman–Crippen MR) is 83.0 cm³/mol. The summed E-state index contributed by atoms with van der Waals surface area (Å²) in [6, 6.07) is 7.78. The zero-order valence-electron chi connectivity index (χ0n) is 12.5. The Labute approximate surface area is 129 Å². The Balaban J connectivity index is 1.85. The van der Waals surface area contributed by atoms with Crippen molar-refractivity contribution in [3.63, 3.8) is 0 Å². The van der Waals surface area contributed by atoms with Gasteiger partial charge in [0, 0.05) is 25.5 Å². The van der Waals surface area contributed by atoms with Gasteiger partial charge < -0.3 is 4.74 Å². The summed E-state index contributed by atoms with van der Waals surface area (Å²) in [5, 5.41) is 4.73. The van der Waals surface area contributed by atoms with Crippen LogP contribution in [0.3, 0.4) is 0 Å². The van der Waals surface area contributed by atoms with Gasteiger partial charge in [-0.2, -0.15) is 5.10 Å². The number of halogens is 1. The van der Waals surface area contributed by atoms with E-state index in [4.69, 9.17) is 16.3 Å². The lowest BCUT2D eigenvalue weighted by atomic mass is 10.1. The second kappa shape index (κ2) is 6.76. The van der Waals surface area contributed by atoms with E-state index < -0.39 is 0 Å². The van der Waals surface area contributed by atoms with Crippen LogP contribution in [0.15, 0.2) is 24.3 Å². The van der Waals surface area contributed by atoms with Crippen molar-refractivity contribution >= 4 is 17.4 Å². The van der Waals surface area contributed by atoms with Crippen molar-refractivity contribution in [2.24, 2.45) is 7.05 Å². The number of ketones is 1. The smallest absolute Gasteiger partial charge is 0.140 e. The lowest BCUT2D eigenvalue weighted by Crippen LogP contribution is -2.09. The van der Waals surface area contributed by atoms with E-state index in [0.29, 0.717) is 24.6 Å². The Kier molecular flexibility index (Phi) is 5.02. The van der Waals surface area contributed by atoms with Crippen LogP contribution in [-0.4, -0.2) is 22.2 Å². The Bertz CT molecular complexity index is 650. The van der Waals surface area contributed by atoms with Crippen molar-refractivity contribution in [3.8, 4) is 5.75 Å². The SMILES string of the molecule is Cc1cccc(OCCC(=O)Cc2c(C)nn(C)c2Cl)c1. The maximum Gasteiger partial charge on any atom is 0.140 e. The Morgan fingerprint density at radius 1 is 1.38 bits per heavy atom. The molecular weight excluding hydrogens is 288 g/mol. The van der Waals surface area contributed by atoms with E-state index in [0.717, 1.165) is 22.6 Å². The molecule has 0 atom stereocenters. The van der Waals surface area contributed by atoms with Gasteiger partial charge >= 0.3 is 0 Å². The van der Waals surface area contributed by atoms with Gasteiger partial charge in [0.25, 0.3) is 0 Å². The summed E-state index contributed by atoms with van der Waals surface area (Å²) < 4.78 is 7.17. The molecular formula is C16H19ClN2O2. The highest BCUT2D eigenvalue weighted by Crippen LogP contribution is 2.20. The third-order valence-electron chi connectivity index (χ3n) is 3.28. The average molecular weight is 307 g/mol. The maximum atomic E-state index is 12.0. The fraction of sp³-hybridized carbons (Fsp3) is 0.375. The van der Waals surface area contributed by atoms with Crippen molar-refractivity contribution in [3.05, 3.63) is 46.2 Å². The van der Waals surface area contributed by atoms with Gasteiger partial charge in [-0.15, -0.1) is 0 Å². The molecule has 2 aromatic rings. The average Bonchev–Trinajstić information content (AvgIpc) is 2.65. The first kappa shape index (κ1) is 15.6. The number of rotatable bonds is 6. The van der Waals surface area contributed by atoms with E-state index in [-0.39, 0.29) is 5.78 Å². The fourth-order valence-electron chi connectivity index (χ4n) is 2.15. The molecule has 4 nitrogen and oxygen atoms in total. The lowest BCUT2D eigenvalue weighted by Gasteiger charge is -2.06. The third kappa shape index (κ3) is 4.08. The highest BCUT2D eigenvalue weighted by atomic mass is 35.5. The summed E-state index contributed by atoms with van der Waals surface area (Å²) in [7, 11) is 1.77. The normalized spacial score (nSPS) is 10.7. The van der Waals surface area contributed by atoms with Crippen molar-refractivity contribution in [2.75, 3.05) is 6.61 Å². The molecule has 0 aliphatic heterocycles. The molecule has 0 fully saturated rings. The van der Waals surface area contributed by atoms with Crippen LogP contribution < -0.4 is 4.74 Å². The quantitative estimate of drug-likeness (QED) is 0.822. The van der Waals surface area contributed by atoms with Crippen LogP contribution >= 0.6 is 11.6 Å². The number of aryl methyl sites for hydroxylation is 3. The standard InChI is InChI=1S/C16H19ClN2O2/c1-11-5-4-6-14(9-11)21-8-7-13(20)10-15-12(2)18-19(3)16(15)17/h4-6,9H,7-8,10H2,1-3H3. The molecule has 0 radical (unpaired) electrons. The van der Waals surface area contributed by atoms with Gasteiger partial charge in [0.1, 0.15) is 16.7 Å².